The van der Waals surface area contributed by atoms with Crippen molar-refractivity contribution >= 4 is 17.7 Å². The molecule has 4 aliphatic carbocycles. The summed E-state index contributed by atoms with van der Waals surface area (Å²) in [5.74, 6) is -1.32. The van der Waals surface area contributed by atoms with Crippen LogP contribution in [-0.2, 0) is 19.1 Å². The van der Waals surface area contributed by atoms with Gasteiger partial charge in [0.15, 0.2) is 0 Å². The van der Waals surface area contributed by atoms with Crippen molar-refractivity contribution in [3.05, 3.63) is 0 Å². The number of carbonyl (C=O) groups is 3. The molecule has 1 spiro atoms. The monoisotopic (exact) mass is 480 g/mol. The highest BCUT2D eigenvalue weighted by atomic mass is 16.5. The highest BCUT2D eigenvalue weighted by Crippen LogP contribution is 2.72. The van der Waals surface area contributed by atoms with Gasteiger partial charge in [0, 0.05) is 6.42 Å². The Morgan fingerprint density at radius 3 is 2.47 bits per heavy atom. The first-order valence-electron chi connectivity index (χ1n) is 12.7. The van der Waals surface area contributed by atoms with E-state index in [2.05, 4.69) is 6.92 Å². The van der Waals surface area contributed by atoms with Gasteiger partial charge in [-0.15, -0.1) is 0 Å². The van der Waals surface area contributed by atoms with Gasteiger partial charge >= 0.3 is 11.9 Å². The topological polar surface area (TPSA) is 141 Å². The van der Waals surface area contributed by atoms with Crippen LogP contribution >= 0.6 is 0 Å². The van der Waals surface area contributed by atoms with Crippen molar-refractivity contribution in [2.75, 3.05) is 13.2 Å². The lowest BCUT2D eigenvalue weighted by Crippen LogP contribution is -2.60. The zero-order valence-electron chi connectivity index (χ0n) is 20.6. The van der Waals surface area contributed by atoms with E-state index < -0.39 is 41.4 Å². The lowest BCUT2D eigenvalue weighted by Gasteiger charge is -2.63. The molecule has 4 fully saturated rings. The number of ether oxygens (including phenoxy) is 1. The van der Waals surface area contributed by atoms with Crippen LogP contribution in [0.25, 0.3) is 0 Å². The van der Waals surface area contributed by atoms with Gasteiger partial charge in [-0.05, 0) is 87.4 Å². The van der Waals surface area contributed by atoms with Crippen molar-refractivity contribution in [3.8, 4) is 0 Å². The maximum Gasteiger partial charge on any atom is 0.308 e. The van der Waals surface area contributed by atoms with Gasteiger partial charge in [-0.1, -0.05) is 6.92 Å². The zero-order chi connectivity index (χ0) is 25.2. The van der Waals surface area contributed by atoms with Crippen LogP contribution in [0.1, 0.15) is 85.0 Å². The van der Waals surface area contributed by atoms with E-state index in [9.17, 15) is 29.7 Å². The molecule has 0 aromatic heterocycles. The van der Waals surface area contributed by atoms with E-state index in [4.69, 9.17) is 9.84 Å². The van der Waals surface area contributed by atoms with Crippen LogP contribution in [0.5, 0.6) is 0 Å². The standard InChI is InChI=1S/C26H40O8/c1-22(32,11-20(29)30)12-21(31)34-15-24(3)17-6-9-25-10-16(26(33,13-25)14-27)4-5-18(25)23(17,2)8-7-19(24)28/h16-18,27,32-33H,4-15H2,1-3H3,(H,29,30). The molecule has 8 unspecified atom stereocenters. The molecule has 2 bridgehead atoms. The summed E-state index contributed by atoms with van der Waals surface area (Å²) in [5.41, 5.74) is -3.70. The molecule has 8 heteroatoms. The number of carbonyl (C=O) groups excluding carboxylic acids is 2. The average Bonchev–Trinajstić information content (AvgIpc) is 2.94. The molecule has 8 atom stereocenters. The Morgan fingerprint density at radius 2 is 1.82 bits per heavy atom. The van der Waals surface area contributed by atoms with Gasteiger partial charge in [-0.2, -0.15) is 0 Å². The number of carboxylic acid groups (broad SMARTS) is 1. The molecule has 192 valence electrons. The quantitative estimate of drug-likeness (QED) is 0.407. The molecule has 0 aliphatic heterocycles. The number of hydrogen-bond acceptors (Lipinski definition) is 7. The molecule has 4 rings (SSSR count). The van der Waals surface area contributed by atoms with Crippen molar-refractivity contribution in [1.82, 2.24) is 0 Å². The van der Waals surface area contributed by atoms with Gasteiger partial charge in [0.05, 0.1) is 36.1 Å². The van der Waals surface area contributed by atoms with E-state index >= 15 is 0 Å². The van der Waals surface area contributed by atoms with Crippen molar-refractivity contribution in [2.24, 2.45) is 34.0 Å². The van der Waals surface area contributed by atoms with E-state index in [1.807, 2.05) is 6.92 Å². The van der Waals surface area contributed by atoms with Crippen LogP contribution in [0.15, 0.2) is 0 Å². The second-order valence-electron chi connectivity index (χ2n) is 12.7. The smallest absolute Gasteiger partial charge is 0.308 e. The number of carboxylic acids is 1. The van der Waals surface area contributed by atoms with Crippen LogP contribution < -0.4 is 0 Å². The summed E-state index contributed by atoms with van der Waals surface area (Å²) in [5, 5.41) is 40.2. The minimum absolute atomic E-state index is 0.0147. The number of fused-ring (bicyclic) bond motifs is 3. The summed E-state index contributed by atoms with van der Waals surface area (Å²) in [6, 6.07) is 0. The second-order valence-corrected chi connectivity index (χ2v) is 12.7. The summed E-state index contributed by atoms with van der Waals surface area (Å²) in [4.78, 5) is 36.6. The highest BCUT2D eigenvalue weighted by molar-refractivity contribution is 5.86. The number of aliphatic hydroxyl groups excluding tert-OH is 1. The van der Waals surface area contributed by atoms with Crippen LogP contribution in [0, 0.1) is 34.0 Å². The summed E-state index contributed by atoms with van der Waals surface area (Å²) in [6.45, 7) is 5.17. The summed E-state index contributed by atoms with van der Waals surface area (Å²) < 4.78 is 5.53. The highest BCUT2D eigenvalue weighted by Gasteiger charge is 2.68. The molecular formula is C26H40O8. The van der Waals surface area contributed by atoms with Gasteiger partial charge in [0.2, 0.25) is 0 Å². The van der Waals surface area contributed by atoms with Crippen molar-refractivity contribution in [1.29, 1.82) is 0 Å². The largest absolute Gasteiger partial charge is 0.481 e. The van der Waals surface area contributed by atoms with Crippen LogP contribution in [0.3, 0.4) is 0 Å². The molecule has 34 heavy (non-hydrogen) atoms. The van der Waals surface area contributed by atoms with Gasteiger partial charge in [0.25, 0.3) is 0 Å². The van der Waals surface area contributed by atoms with Gasteiger partial charge in [-0.3, -0.25) is 14.4 Å². The third-order valence-electron chi connectivity index (χ3n) is 10.3. The predicted molar refractivity (Wildman–Crippen MR) is 122 cm³/mol. The molecule has 0 amide bonds. The summed E-state index contributed by atoms with van der Waals surface area (Å²) in [6.07, 6.45) is 5.27. The molecule has 8 nitrogen and oxygen atoms in total. The third-order valence-corrected chi connectivity index (χ3v) is 10.3. The van der Waals surface area contributed by atoms with Crippen LogP contribution in [0.2, 0.25) is 0 Å². The maximum atomic E-state index is 13.2. The Kier molecular flexibility index (Phi) is 6.22. The van der Waals surface area contributed by atoms with Crippen LogP contribution in [-0.4, -0.2) is 62.6 Å². The summed E-state index contributed by atoms with van der Waals surface area (Å²) >= 11 is 0. The van der Waals surface area contributed by atoms with E-state index in [0.29, 0.717) is 18.8 Å². The van der Waals surface area contributed by atoms with E-state index in [0.717, 1.165) is 38.5 Å². The average molecular weight is 481 g/mol. The molecular weight excluding hydrogens is 440 g/mol. The molecule has 0 aromatic rings. The van der Waals surface area contributed by atoms with E-state index in [1.54, 1.807) is 0 Å². The fraction of sp³-hybridized carbons (Fsp3) is 0.885. The van der Waals surface area contributed by atoms with Crippen molar-refractivity contribution < 1.29 is 39.5 Å². The minimum atomic E-state index is -1.71. The number of Topliss-reactive ketones (excluding diaryl/α,β-unsaturated/α-hetero) is 1. The first-order chi connectivity index (χ1) is 15.7. The first-order valence-corrected chi connectivity index (χ1v) is 12.7. The zero-order valence-corrected chi connectivity index (χ0v) is 20.6. The van der Waals surface area contributed by atoms with E-state index in [-0.39, 0.29) is 41.7 Å². The third kappa shape index (κ3) is 3.99. The molecule has 0 aromatic carbocycles. The van der Waals surface area contributed by atoms with Gasteiger partial charge < -0.3 is 25.2 Å². The lowest BCUT2D eigenvalue weighted by atomic mass is 9.41. The summed E-state index contributed by atoms with van der Waals surface area (Å²) in [7, 11) is 0. The molecule has 4 N–H and O–H groups in total. The molecule has 0 saturated heterocycles. The Morgan fingerprint density at radius 1 is 1.12 bits per heavy atom. The first kappa shape index (κ1) is 25.6. The van der Waals surface area contributed by atoms with Gasteiger partial charge in [-0.25, -0.2) is 0 Å². The second kappa shape index (κ2) is 8.27. The lowest BCUT2D eigenvalue weighted by molar-refractivity contribution is -0.182. The normalized spacial score (nSPS) is 45.1. The minimum Gasteiger partial charge on any atom is -0.481 e. The van der Waals surface area contributed by atoms with Gasteiger partial charge in [0.1, 0.15) is 12.4 Å². The molecule has 0 heterocycles. The fourth-order valence-electron chi connectivity index (χ4n) is 8.82. The number of aliphatic hydroxyl groups is 3. The van der Waals surface area contributed by atoms with E-state index in [1.165, 1.54) is 6.92 Å². The molecule has 4 aliphatic rings. The molecule has 4 saturated carbocycles. The number of aliphatic carboxylic acids is 1. The Labute approximate surface area is 201 Å². The number of esters is 1. The SMILES string of the molecule is CC(O)(CC(=O)O)CC(=O)OCC1(C)C(=O)CCC2(C)C3CCC4CC3(CCC12)CC4(O)CO. The number of hydrogen-bond donors (Lipinski definition) is 4. The fourth-order valence-corrected chi connectivity index (χ4v) is 8.82. The maximum absolute atomic E-state index is 13.2. The number of ketones is 1. The van der Waals surface area contributed by atoms with Crippen molar-refractivity contribution in [3.63, 3.8) is 0 Å². The molecule has 0 radical (unpaired) electrons. The number of rotatable bonds is 7. The Balaban J connectivity index is 1.52. The predicted octanol–water partition coefficient (Wildman–Crippen LogP) is 2.46. The van der Waals surface area contributed by atoms with Crippen LogP contribution in [0.4, 0.5) is 0 Å². The van der Waals surface area contributed by atoms with Crippen molar-refractivity contribution in [2.45, 2.75) is 96.2 Å². The Bertz CT molecular complexity index is 869. The Hall–Kier alpha value is -1.51.